The van der Waals surface area contributed by atoms with Crippen molar-refractivity contribution >= 4 is 44.4 Å². The molecule has 0 aliphatic rings. The van der Waals surface area contributed by atoms with Crippen LogP contribution in [0.25, 0.3) is 22.3 Å². The number of halogens is 8. The summed E-state index contributed by atoms with van der Waals surface area (Å²) < 4.78 is 80.5. The van der Waals surface area contributed by atoms with Crippen molar-refractivity contribution in [1.29, 1.82) is 0 Å². The first-order chi connectivity index (χ1) is 34.3. The molecule has 7 rings (SSSR count). The first-order valence-electron chi connectivity index (χ1n) is 22.7. The third-order valence-electron chi connectivity index (χ3n) is 10.2. The SMILES string of the molecule is Brc1ccc(C#CCCCCCC#Cc2ccc(Br)cc2)cc1.Fc1cc(F)cc(-c2ccc(C#CCCCCCC#Cc3ccc(-c4cc(F)cc(F)c4)cc3)cc2)c1.OB(O)c1cc(F)cc(F)c1. The van der Waals surface area contributed by atoms with Gasteiger partial charge in [0.2, 0.25) is 0 Å². The molecule has 0 amide bonds. The van der Waals surface area contributed by atoms with Gasteiger partial charge in [0.1, 0.15) is 34.9 Å². The molecule has 7 aromatic carbocycles. The zero-order valence-corrected chi connectivity index (χ0v) is 41.7. The van der Waals surface area contributed by atoms with E-state index in [2.05, 4.69) is 79.2 Å². The Bertz CT molecular complexity index is 2820. The highest BCUT2D eigenvalue weighted by atomic mass is 79.9. The van der Waals surface area contributed by atoms with Gasteiger partial charge in [-0.25, -0.2) is 26.3 Å². The monoisotopic (exact) mass is 1080 g/mol. The van der Waals surface area contributed by atoms with Crippen molar-refractivity contribution in [3.8, 4) is 69.6 Å². The molecule has 0 radical (unpaired) electrons. The van der Waals surface area contributed by atoms with E-state index in [1.54, 1.807) is 0 Å². The van der Waals surface area contributed by atoms with E-state index >= 15 is 0 Å². The maximum atomic E-state index is 13.4. The molecule has 11 heteroatoms. The van der Waals surface area contributed by atoms with E-state index in [0.29, 0.717) is 17.2 Å². The number of hydrogen-bond donors (Lipinski definition) is 2. The first kappa shape index (κ1) is 55.2. The molecular weight excluding hydrogens is 1040 g/mol. The van der Waals surface area contributed by atoms with Crippen molar-refractivity contribution in [2.75, 3.05) is 0 Å². The van der Waals surface area contributed by atoms with E-state index in [-0.39, 0.29) is 5.46 Å². The van der Waals surface area contributed by atoms with Crippen LogP contribution in [0.3, 0.4) is 0 Å². The van der Waals surface area contributed by atoms with Crippen molar-refractivity contribution in [3.63, 3.8) is 0 Å². The molecule has 0 aromatic heterocycles. The molecule has 0 bridgehead atoms. The summed E-state index contributed by atoms with van der Waals surface area (Å²) >= 11 is 6.85. The Balaban J connectivity index is 0.000000232. The van der Waals surface area contributed by atoms with Gasteiger partial charge in [0.05, 0.1) is 0 Å². The second-order valence-corrected chi connectivity index (χ2v) is 17.7. The molecule has 0 aliphatic carbocycles. The Morgan fingerprint density at radius 3 is 0.845 bits per heavy atom. The van der Waals surface area contributed by atoms with E-state index in [1.165, 1.54) is 30.7 Å². The van der Waals surface area contributed by atoms with Crippen LogP contribution in [0.2, 0.25) is 0 Å². The summed E-state index contributed by atoms with van der Waals surface area (Å²) in [6, 6.07) is 40.2. The molecule has 2 N–H and O–H groups in total. The van der Waals surface area contributed by atoms with Gasteiger partial charge in [-0.3, -0.25) is 0 Å². The van der Waals surface area contributed by atoms with E-state index in [1.807, 2.05) is 97.1 Å². The predicted molar refractivity (Wildman–Crippen MR) is 282 cm³/mol. The van der Waals surface area contributed by atoms with Crippen LogP contribution < -0.4 is 5.46 Å². The molecular formula is C60H47BBr2F6O2. The zero-order valence-electron chi connectivity index (χ0n) is 38.5. The summed E-state index contributed by atoms with van der Waals surface area (Å²) in [7, 11) is -1.83. The average Bonchev–Trinajstić information content (AvgIpc) is 3.34. The molecule has 2 nitrogen and oxygen atoms in total. The molecule has 0 fully saturated rings. The first-order valence-corrected chi connectivity index (χ1v) is 24.3. The normalized spacial score (nSPS) is 9.94. The van der Waals surface area contributed by atoms with Crippen LogP contribution >= 0.6 is 31.9 Å². The summed E-state index contributed by atoms with van der Waals surface area (Å²) in [5.41, 5.74) is 6.16. The van der Waals surface area contributed by atoms with Gasteiger partial charge in [0.25, 0.3) is 0 Å². The number of rotatable bonds is 11. The van der Waals surface area contributed by atoms with Crippen LogP contribution in [0, 0.1) is 82.3 Å². The van der Waals surface area contributed by atoms with Gasteiger partial charge in [-0.15, -0.1) is 0 Å². The number of unbranched alkanes of at least 4 members (excludes halogenated alkanes) is 8. The largest absolute Gasteiger partial charge is 0.488 e. The molecule has 71 heavy (non-hydrogen) atoms. The fraction of sp³-hybridized carbons (Fsp3) is 0.167. The average molecular weight is 1080 g/mol. The maximum Gasteiger partial charge on any atom is 0.488 e. The van der Waals surface area contributed by atoms with Crippen LogP contribution in [-0.2, 0) is 0 Å². The third-order valence-corrected chi connectivity index (χ3v) is 11.2. The van der Waals surface area contributed by atoms with Crippen LogP contribution in [0.5, 0.6) is 0 Å². The fourth-order valence-corrected chi connectivity index (χ4v) is 7.12. The second kappa shape index (κ2) is 30.1. The Morgan fingerprint density at radius 1 is 0.324 bits per heavy atom. The van der Waals surface area contributed by atoms with E-state index in [4.69, 9.17) is 10.0 Å². The summed E-state index contributed by atoms with van der Waals surface area (Å²) in [5, 5.41) is 17.0. The van der Waals surface area contributed by atoms with Crippen molar-refractivity contribution in [1.82, 2.24) is 0 Å². The number of benzene rings is 7. The van der Waals surface area contributed by atoms with Gasteiger partial charge in [-0.05, 0) is 163 Å². The smallest absolute Gasteiger partial charge is 0.423 e. The van der Waals surface area contributed by atoms with Crippen LogP contribution in [0.15, 0.2) is 161 Å². The van der Waals surface area contributed by atoms with Gasteiger partial charge >= 0.3 is 7.12 Å². The summed E-state index contributed by atoms with van der Waals surface area (Å²) in [4.78, 5) is 0. The van der Waals surface area contributed by atoms with E-state index in [9.17, 15) is 26.3 Å². The van der Waals surface area contributed by atoms with Crippen LogP contribution in [0.4, 0.5) is 26.3 Å². The van der Waals surface area contributed by atoms with Gasteiger partial charge in [0, 0.05) is 75.1 Å². The minimum Gasteiger partial charge on any atom is -0.423 e. The van der Waals surface area contributed by atoms with E-state index < -0.39 is 42.0 Å². The molecule has 0 unspecified atom stereocenters. The lowest BCUT2D eigenvalue weighted by Crippen LogP contribution is -2.30. The molecule has 0 atom stereocenters. The molecule has 0 aliphatic heterocycles. The highest BCUT2D eigenvalue weighted by Gasteiger charge is 2.13. The Morgan fingerprint density at radius 2 is 0.577 bits per heavy atom. The molecule has 358 valence electrons. The lowest BCUT2D eigenvalue weighted by molar-refractivity contribution is 0.425. The molecule has 7 aromatic rings. The Hall–Kier alpha value is -6.70. The van der Waals surface area contributed by atoms with Gasteiger partial charge in [-0.1, -0.05) is 116 Å². The second-order valence-electron chi connectivity index (χ2n) is 15.9. The zero-order chi connectivity index (χ0) is 50.8. The highest BCUT2D eigenvalue weighted by molar-refractivity contribution is 9.10. The minimum atomic E-state index is -1.83. The van der Waals surface area contributed by atoms with Crippen molar-refractivity contribution < 1.29 is 36.4 Å². The predicted octanol–water partition coefficient (Wildman–Crippen LogP) is 15.1. The minimum absolute atomic E-state index is 0.192. The summed E-state index contributed by atoms with van der Waals surface area (Å²) in [6.45, 7) is 0. The molecule has 0 saturated heterocycles. The molecule has 0 spiro atoms. The maximum absolute atomic E-state index is 13.4. The summed E-state index contributed by atoms with van der Waals surface area (Å²) in [5.74, 6) is 21.4. The van der Waals surface area contributed by atoms with Gasteiger partial charge < -0.3 is 10.0 Å². The quantitative estimate of drug-likeness (QED) is 0.0587. The van der Waals surface area contributed by atoms with Crippen LogP contribution in [0.1, 0.15) is 86.5 Å². The van der Waals surface area contributed by atoms with Crippen molar-refractivity contribution in [3.05, 3.63) is 218 Å². The third kappa shape index (κ3) is 21.5. The van der Waals surface area contributed by atoms with Gasteiger partial charge in [0.15, 0.2) is 0 Å². The van der Waals surface area contributed by atoms with Crippen molar-refractivity contribution in [2.24, 2.45) is 0 Å². The number of hydrogen-bond acceptors (Lipinski definition) is 2. The highest BCUT2D eigenvalue weighted by Crippen LogP contribution is 2.24. The lowest BCUT2D eigenvalue weighted by atomic mass is 9.80. The lowest BCUT2D eigenvalue weighted by Gasteiger charge is -2.02. The van der Waals surface area contributed by atoms with Crippen LogP contribution in [-0.4, -0.2) is 17.2 Å². The Kier molecular flexibility index (Phi) is 23.4. The van der Waals surface area contributed by atoms with E-state index in [0.717, 1.165) is 124 Å². The summed E-state index contributed by atoms with van der Waals surface area (Å²) in [6.07, 6.45) is 9.93. The van der Waals surface area contributed by atoms with Gasteiger partial charge in [-0.2, -0.15) is 0 Å². The molecule has 0 heterocycles. The standard InChI is InChI=1S/C33H24F4.C21H18Br2.C6H5BF2O2/c34-30-18-28(19-31(35)22-30)26-14-10-24(11-15-26)8-6-4-2-1-3-5-7-9-25-12-16-27(17-13-25)29-20-32(36)23-33(37)21-29;22-20-14-10-18(11-15-20)8-6-4-2-1-3-5-7-9-19-12-16-21(23)17-13-19;8-5-1-4(7(10)11)2-6(9)3-5/h10-23H,1-5H2;10-17H,1-5H2;1-3,10-11H. The topological polar surface area (TPSA) is 40.5 Å². The Labute approximate surface area is 430 Å². The van der Waals surface area contributed by atoms with Crippen molar-refractivity contribution in [2.45, 2.75) is 64.2 Å². The fourth-order valence-electron chi connectivity index (χ4n) is 6.59. The molecule has 0 saturated carbocycles.